The highest BCUT2D eigenvalue weighted by Crippen LogP contribution is 2.06. The average molecular weight is 228 g/mol. The first-order chi connectivity index (χ1) is 7.91. The van der Waals surface area contributed by atoms with Gasteiger partial charge in [-0.15, -0.1) is 0 Å². The van der Waals surface area contributed by atoms with E-state index >= 15 is 0 Å². The maximum absolute atomic E-state index is 8.60. The standard InChI is InChI=1S/C14H28O2/c15-13-11-9-7-5-3-1-2-4-6-8-10-12-14-16/h1-2,15-16H,3-14H2/b2-1+. The van der Waals surface area contributed by atoms with Crippen LogP contribution >= 0.6 is 0 Å². The zero-order valence-corrected chi connectivity index (χ0v) is 10.5. The molecule has 0 heterocycles. The normalized spacial score (nSPS) is 11.4. The van der Waals surface area contributed by atoms with E-state index in [1.165, 1.54) is 38.5 Å². The van der Waals surface area contributed by atoms with Crippen molar-refractivity contribution in [3.63, 3.8) is 0 Å². The summed E-state index contributed by atoms with van der Waals surface area (Å²) in [5.74, 6) is 0. The number of hydrogen-bond donors (Lipinski definition) is 2. The van der Waals surface area contributed by atoms with Gasteiger partial charge in [-0.2, -0.15) is 0 Å². The first-order valence-corrected chi connectivity index (χ1v) is 6.78. The van der Waals surface area contributed by atoms with Gasteiger partial charge in [-0.05, 0) is 38.5 Å². The van der Waals surface area contributed by atoms with E-state index in [4.69, 9.17) is 10.2 Å². The smallest absolute Gasteiger partial charge is 0.0431 e. The van der Waals surface area contributed by atoms with Gasteiger partial charge in [-0.25, -0.2) is 0 Å². The molecule has 0 aliphatic heterocycles. The lowest BCUT2D eigenvalue weighted by Gasteiger charge is -1.97. The summed E-state index contributed by atoms with van der Waals surface area (Å²) in [6.45, 7) is 0.674. The summed E-state index contributed by atoms with van der Waals surface area (Å²) in [5, 5.41) is 17.2. The van der Waals surface area contributed by atoms with Crippen LogP contribution in [0.1, 0.15) is 64.2 Å². The molecule has 0 saturated carbocycles. The minimum Gasteiger partial charge on any atom is -0.396 e. The van der Waals surface area contributed by atoms with Gasteiger partial charge in [-0.3, -0.25) is 0 Å². The third kappa shape index (κ3) is 13.7. The first kappa shape index (κ1) is 15.7. The van der Waals surface area contributed by atoms with E-state index < -0.39 is 0 Å². The fourth-order valence-electron chi connectivity index (χ4n) is 1.69. The summed E-state index contributed by atoms with van der Waals surface area (Å²) < 4.78 is 0. The molecule has 2 N–H and O–H groups in total. The van der Waals surface area contributed by atoms with Crippen molar-refractivity contribution in [1.82, 2.24) is 0 Å². The van der Waals surface area contributed by atoms with E-state index in [0.717, 1.165) is 25.7 Å². The monoisotopic (exact) mass is 228 g/mol. The van der Waals surface area contributed by atoms with Gasteiger partial charge in [0.2, 0.25) is 0 Å². The molecule has 2 nitrogen and oxygen atoms in total. The van der Waals surface area contributed by atoms with E-state index in [9.17, 15) is 0 Å². The molecular weight excluding hydrogens is 200 g/mol. The third-order valence-corrected chi connectivity index (χ3v) is 2.72. The van der Waals surface area contributed by atoms with Gasteiger partial charge >= 0.3 is 0 Å². The van der Waals surface area contributed by atoms with E-state index in [-0.39, 0.29) is 0 Å². The molecule has 0 fully saturated rings. The van der Waals surface area contributed by atoms with Crippen molar-refractivity contribution in [3.05, 3.63) is 12.2 Å². The van der Waals surface area contributed by atoms with E-state index in [2.05, 4.69) is 12.2 Å². The largest absolute Gasteiger partial charge is 0.396 e. The first-order valence-electron chi connectivity index (χ1n) is 6.78. The van der Waals surface area contributed by atoms with Gasteiger partial charge in [0.1, 0.15) is 0 Å². The molecule has 0 bridgehead atoms. The zero-order valence-electron chi connectivity index (χ0n) is 10.5. The van der Waals surface area contributed by atoms with Crippen LogP contribution in [0.15, 0.2) is 12.2 Å². The van der Waals surface area contributed by atoms with E-state index in [1.807, 2.05) is 0 Å². The van der Waals surface area contributed by atoms with Crippen LogP contribution in [0.5, 0.6) is 0 Å². The van der Waals surface area contributed by atoms with Crippen LogP contribution in [0.4, 0.5) is 0 Å². The molecule has 0 saturated heterocycles. The quantitative estimate of drug-likeness (QED) is 0.397. The van der Waals surface area contributed by atoms with Crippen molar-refractivity contribution in [2.75, 3.05) is 13.2 Å². The van der Waals surface area contributed by atoms with Gasteiger partial charge in [0.15, 0.2) is 0 Å². The topological polar surface area (TPSA) is 40.5 Å². The Bertz CT molecular complexity index is 128. The number of unbranched alkanes of at least 4 members (excludes halogenated alkanes) is 8. The molecule has 16 heavy (non-hydrogen) atoms. The number of aliphatic hydroxyl groups excluding tert-OH is 2. The summed E-state index contributed by atoms with van der Waals surface area (Å²) in [6.07, 6.45) is 16.1. The highest BCUT2D eigenvalue weighted by molar-refractivity contribution is 4.81. The average Bonchev–Trinajstić information content (AvgIpc) is 2.31. The Morgan fingerprint density at radius 3 is 1.25 bits per heavy atom. The van der Waals surface area contributed by atoms with Crippen LogP contribution in [0.25, 0.3) is 0 Å². The van der Waals surface area contributed by atoms with Gasteiger partial charge in [0.05, 0.1) is 0 Å². The Morgan fingerprint density at radius 2 is 0.875 bits per heavy atom. The van der Waals surface area contributed by atoms with Crippen LogP contribution in [-0.2, 0) is 0 Å². The highest BCUT2D eigenvalue weighted by Gasteiger charge is 1.88. The van der Waals surface area contributed by atoms with Crippen molar-refractivity contribution >= 4 is 0 Å². The molecule has 0 radical (unpaired) electrons. The predicted molar refractivity (Wildman–Crippen MR) is 69.5 cm³/mol. The molecule has 0 aliphatic rings. The van der Waals surface area contributed by atoms with Gasteiger partial charge in [-0.1, -0.05) is 37.8 Å². The lowest BCUT2D eigenvalue weighted by Crippen LogP contribution is -1.83. The third-order valence-electron chi connectivity index (χ3n) is 2.72. The summed E-state index contributed by atoms with van der Waals surface area (Å²) in [7, 11) is 0. The second-order valence-corrected chi connectivity index (χ2v) is 4.32. The molecule has 0 rings (SSSR count). The highest BCUT2D eigenvalue weighted by atomic mass is 16.3. The molecule has 0 amide bonds. The SMILES string of the molecule is OCCCCCC/C=C/CCCCCCO. The molecule has 2 heteroatoms. The van der Waals surface area contributed by atoms with Crippen LogP contribution in [0.3, 0.4) is 0 Å². The second-order valence-electron chi connectivity index (χ2n) is 4.32. The van der Waals surface area contributed by atoms with Gasteiger partial charge in [0.25, 0.3) is 0 Å². The number of hydrogen-bond acceptors (Lipinski definition) is 2. The maximum Gasteiger partial charge on any atom is 0.0431 e. The molecular formula is C14H28O2. The lowest BCUT2D eigenvalue weighted by molar-refractivity contribution is 0.282. The minimum atomic E-state index is 0.337. The molecule has 0 aromatic rings. The molecule has 0 aromatic heterocycles. The van der Waals surface area contributed by atoms with Crippen molar-refractivity contribution in [3.8, 4) is 0 Å². The van der Waals surface area contributed by atoms with Crippen molar-refractivity contribution in [2.45, 2.75) is 64.2 Å². The fraction of sp³-hybridized carbons (Fsp3) is 0.857. The maximum atomic E-state index is 8.60. The Balaban J connectivity index is 2.98. The molecule has 0 unspecified atom stereocenters. The van der Waals surface area contributed by atoms with Crippen LogP contribution in [0.2, 0.25) is 0 Å². The number of allylic oxidation sites excluding steroid dienone is 2. The molecule has 0 spiro atoms. The lowest BCUT2D eigenvalue weighted by atomic mass is 10.1. The summed E-state index contributed by atoms with van der Waals surface area (Å²) in [5.41, 5.74) is 0. The summed E-state index contributed by atoms with van der Waals surface area (Å²) >= 11 is 0. The summed E-state index contributed by atoms with van der Waals surface area (Å²) in [6, 6.07) is 0. The van der Waals surface area contributed by atoms with Crippen molar-refractivity contribution in [1.29, 1.82) is 0 Å². The van der Waals surface area contributed by atoms with Crippen molar-refractivity contribution < 1.29 is 10.2 Å². The Morgan fingerprint density at radius 1 is 0.500 bits per heavy atom. The Labute approximate surface area is 100 Å². The van der Waals surface area contributed by atoms with Crippen LogP contribution in [0, 0.1) is 0 Å². The van der Waals surface area contributed by atoms with Gasteiger partial charge < -0.3 is 10.2 Å². The number of rotatable bonds is 12. The second kappa shape index (κ2) is 14.7. The fourth-order valence-corrected chi connectivity index (χ4v) is 1.69. The van der Waals surface area contributed by atoms with Gasteiger partial charge in [0, 0.05) is 13.2 Å². The number of aliphatic hydroxyl groups is 2. The van der Waals surface area contributed by atoms with Crippen molar-refractivity contribution in [2.24, 2.45) is 0 Å². The zero-order chi connectivity index (χ0) is 11.9. The Kier molecular flexibility index (Phi) is 14.3. The van der Waals surface area contributed by atoms with E-state index in [1.54, 1.807) is 0 Å². The van der Waals surface area contributed by atoms with Crippen LogP contribution < -0.4 is 0 Å². The summed E-state index contributed by atoms with van der Waals surface area (Å²) in [4.78, 5) is 0. The van der Waals surface area contributed by atoms with E-state index in [0.29, 0.717) is 13.2 Å². The minimum absolute atomic E-state index is 0.337. The molecule has 0 atom stereocenters. The molecule has 0 aliphatic carbocycles. The van der Waals surface area contributed by atoms with Crippen LogP contribution in [-0.4, -0.2) is 23.4 Å². The molecule has 0 aromatic carbocycles. The predicted octanol–water partition coefficient (Wildman–Crippen LogP) is 3.43. The molecule has 96 valence electrons. The Hall–Kier alpha value is -0.340.